The van der Waals surface area contributed by atoms with Crippen LogP contribution in [0.2, 0.25) is 0 Å². The van der Waals surface area contributed by atoms with Crippen LogP contribution in [0, 0.1) is 5.92 Å². The van der Waals surface area contributed by atoms with Crippen molar-refractivity contribution in [1.82, 2.24) is 19.6 Å². The molecule has 4 heteroatoms. The van der Waals surface area contributed by atoms with Gasteiger partial charge in [-0.25, -0.2) is 0 Å². The monoisotopic (exact) mass is 312 g/mol. The summed E-state index contributed by atoms with van der Waals surface area (Å²) in [6, 6.07) is 0.670. The minimum Gasteiger partial charge on any atom is -0.304 e. The van der Waals surface area contributed by atoms with Gasteiger partial charge in [0.05, 0.1) is 0 Å². The summed E-state index contributed by atoms with van der Waals surface area (Å²) in [5, 5.41) is 0. The normalized spacial score (nSPS) is 26.0. The molecule has 132 valence electrons. The zero-order chi connectivity index (χ0) is 16.5. The van der Waals surface area contributed by atoms with Crippen LogP contribution in [0.4, 0.5) is 0 Å². The molecule has 1 unspecified atom stereocenters. The van der Waals surface area contributed by atoms with Crippen molar-refractivity contribution >= 4 is 0 Å². The van der Waals surface area contributed by atoms with E-state index in [1.54, 1.807) is 0 Å². The molecule has 0 bridgehead atoms. The van der Waals surface area contributed by atoms with Gasteiger partial charge in [0, 0.05) is 51.9 Å². The van der Waals surface area contributed by atoms with E-state index >= 15 is 0 Å². The van der Waals surface area contributed by atoms with Crippen LogP contribution in [0.15, 0.2) is 0 Å². The van der Waals surface area contributed by atoms with Crippen LogP contribution in [0.1, 0.15) is 34.6 Å². The van der Waals surface area contributed by atoms with E-state index in [1.807, 2.05) is 0 Å². The Morgan fingerprint density at radius 2 is 1.27 bits per heavy atom. The molecule has 0 saturated carbocycles. The third-order valence-corrected chi connectivity index (χ3v) is 5.27. The van der Waals surface area contributed by atoms with Crippen LogP contribution in [0.5, 0.6) is 0 Å². The van der Waals surface area contributed by atoms with Gasteiger partial charge in [-0.1, -0.05) is 34.6 Å². The van der Waals surface area contributed by atoms with E-state index in [0.717, 1.165) is 6.54 Å². The van der Waals surface area contributed by atoms with Gasteiger partial charge in [0.1, 0.15) is 0 Å². The van der Waals surface area contributed by atoms with Crippen LogP contribution in [0.25, 0.3) is 0 Å². The maximum absolute atomic E-state index is 2.70. The van der Waals surface area contributed by atoms with Crippen LogP contribution in [-0.2, 0) is 0 Å². The molecular formula is C18H40N4. The predicted molar refractivity (Wildman–Crippen MR) is 97.6 cm³/mol. The number of hydrogen-bond acceptors (Lipinski definition) is 4. The van der Waals surface area contributed by atoms with Gasteiger partial charge in [0.2, 0.25) is 0 Å². The SMILES string of the molecule is CCN1CCN(C)CC(C(C)C)N(CC)CCN(CC)CC1. The maximum atomic E-state index is 2.70. The average molecular weight is 313 g/mol. The highest BCUT2D eigenvalue weighted by Crippen LogP contribution is 2.13. The summed E-state index contributed by atoms with van der Waals surface area (Å²) in [5.74, 6) is 0.711. The molecule has 1 rings (SSSR count). The van der Waals surface area contributed by atoms with Crippen molar-refractivity contribution < 1.29 is 0 Å². The standard InChI is InChI=1S/C18H40N4/c1-7-20-11-10-19(6)16-18(17(4)5)22(9-3)15-14-21(8-2)13-12-20/h17-18H,7-16H2,1-6H3. The number of nitrogens with zero attached hydrogens (tertiary/aromatic N) is 4. The highest BCUT2D eigenvalue weighted by atomic mass is 15.3. The second-order valence-electron chi connectivity index (χ2n) is 7.07. The van der Waals surface area contributed by atoms with Gasteiger partial charge in [-0.05, 0) is 32.6 Å². The van der Waals surface area contributed by atoms with Gasteiger partial charge < -0.3 is 14.7 Å². The Morgan fingerprint density at radius 1 is 0.773 bits per heavy atom. The summed E-state index contributed by atoms with van der Waals surface area (Å²) in [7, 11) is 2.29. The lowest BCUT2D eigenvalue weighted by atomic mass is 10.0. The molecule has 1 aliphatic rings. The molecule has 22 heavy (non-hydrogen) atoms. The highest BCUT2D eigenvalue weighted by molar-refractivity contribution is 4.79. The first-order chi connectivity index (χ1) is 10.5. The third kappa shape index (κ3) is 6.53. The Labute approximate surface area is 139 Å². The molecule has 1 saturated heterocycles. The average Bonchev–Trinajstić information content (AvgIpc) is 2.50. The van der Waals surface area contributed by atoms with Crippen LogP contribution in [0.3, 0.4) is 0 Å². The Morgan fingerprint density at radius 3 is 1.73 bits per heavy atom. The van der Waals surface area contributed by atoms with E-state index in [-0.39, 0.29) is 0 Å². The molecule has 1 atom stereocenters. The van der Waals surface area contributed by atoms with Crippen molar-refractivity contribution in [3.05, 3.63) is 0 Å². The summed E-state index contributed by atoms with van der Waals surface area (Å²) in [5.41, 5.74) is 0. The van der Waals surface area contributed by atoms with Crippen molar-refractivity contribution in [1.29, 1.82) is 0 Å². The second-order valence-corrected chi connectivity index (χ2v) is 7.07. The van der Waals surface area contributed by atoms with E-state index < -0.39 is 0 Å². The zero-order valence-corrected chi connectivity index (χ0v) is 16.0. The quantitative estimate of drug-likeness (QED) is 0.786. The smallest absolute Gasteiger partial charge is 0.0246 e. The lowest BCUT2D eigenvalue weighted by Crippen LogP contribution is -2.51. The lowest BCUT2D eigenvalue weighted by Gasteiger charge is -2.39. The second kappa shape index (κ2) is 10.6. The fourth-order valence-corrected chi connectivity index (χ4v) is 3.44. The number of hydrogen-bond donors (Lipinski definition) is 0. The van der Waals surface area contributed by atoms with Crippen LogP contribution < -0.4 is 0 Å². The van der Waals surface area contributed by atoms with E-state index in [4.69, 9.17) is 0 Å². The lowest BCUT2D eigenvalue weighted by molar-refractivity contribution is 0.0910. The van der Waals surface area contributed by atoms with Gasteiger partial charge in [0.25, 0.3) is 0 Å². The predicted octanol–water partition coefficient (Wildman–Crippen LogP) is 1.92. The molecular weight excluding hydrogens is 272 g/mol. The van der Waals surface area contributed by atoms with Crippen LogP contribution in [-0.4, -0.2) is 98.1 Å². The first-order valence-corrected chi connectivity index (χ1v) is 9.39. The number of likely N-dealkylation sites (N-methyl/N-ethyl adjacent to an activating group) is 4. The molecule has 0 spiro atoms. The van der Waals surface area contributed by atoms with Crippen LogP contribution >= 0.6 is 0 Å². The van der Waals surface area contributed by atoms with E-state index in [0.29, 0.717) is 12.0 Å². The Bertz CT molecular complexity index is 282. The molecule has 0 radical (unpaired) electrons. The molecule has 0 N–H and O–H groups in total. The van der Waals surface area contributed by atoms with E-state index in [2.05, 4.69) is 61.3 Å². The highest BCUT2D eigenvalue weighted by Gasteiger charge is 2.23. The van der Waals surface area contributed by atoms with E-state index in [9.17, 15) is 0 Å². The molecule has 0 aromatic heterocycles. The fourth-order valence-electron chi connectivity index (χ4n) is 3.44. The van der Waals surface area contributed by atoms with Crippen molar-refractivity contribution in [3.8, 4) is 0 Å². The minimum absolute atomic E-state index is 0.670. The Balaban J connectivity index is 2.79. The Kier molecular flexibility index (Phi) is 9.57. The Hall–Kier alpha value is -0.160. The maximum Gasteiger partial charge on any atom is 0.0246 e. The first-order valence-electron chi connectivity index (χ1n) is 9.39. The van der Waals surface area contributed by atoms with Crippen molar-refractivity contribution in [2.75, 3.05) is 72.5 Å². The largest absolute Gasteiger partial charge is 0.304 e. The summed E-state index contributed by atoms with van der Waals surface area (Å²) in [4.78, 5) is 10.5. The molecule has 0 aromatic carbocycles. The molecule has 1 aliphatic heterocycles. The summed E-state index contributed by atoms with van der Waals surface area (Å²) < 4.78 is 0. The first kappa shape index (κ1) is 19.9. The third-order valence-electron chi connectivity index (χ3n) is 5.27. The minimum atomic E-state index is 0.670. The van der Waals surface area contributed by atoms with Crippen molar-refractivity contribution in [3.63, 3.8) is 0 Å². The molecule has 0 aromatic rings. The van der Waals surface area contributed by atoms with Gasteiger partial charge >= 0.3 is 0 Å². The van der Waals surface area contributed by atoms with E-state index in [1.165, 1.54) is 58.9 Å². The van der Waals surface area contributed by atoms with Gasteiger partial charge in [-0.2, -0.15) is 0 Å². The van der Waals surface area contributed by atoms with Gasteiger partial charge in [0.15, 0.2) is 0 Å². The molecule has 4 nitrogen and oxygen atoms in total. The van der Waals surface area contributed by atoms with Crippen molar-refractivity contribution in [2.45, 2.75) is 40.7 Å². The zero-order valence-electron chi connectivity index (χ0n) is 16.0. The summed E-state index contributed by atoms with van der Waals surface area (Å²) in [6.07, 6.45) is 0. The molecule has 1 fully saturated rings. The number of rotatable bonds is 4. The molecule has 0 aliphatic carbocycles. The van der Waals surface area contributed by atoms with Gasteiger partial charge in [-0.3, -0.25) is 4.90 Å². The summed E-state index contributed by atoms with van der Waals surface area (Å²) >= 11 is 0. The fraction of sp³-hybridized carbons (Fsp3) is 1.00. The topological polar surface area (TPSA) is 13.0 Å². The van der Waals surface area contributed by atoms with Gasteiger partial charge in [-0.15, -0.1) is 0 Å². The summed E-state index contributed by atoms with van der Waals surface area (Å²) in [6.45, 7) is 23.5. The molecule has 0 amide bonds. The van der Waals surface area contributed by atoms with Crippen molar-refractivity contribution in [2.24, 2.45) is 5.92 Å². The molecule has 1 heterocycles.